The minimum Gasteiger partial charge on any atom is -0.353 e. The van der Waals surface area contributed by atoms with E-state index in [0.717, 1.165) is 5.56 Å². The second kappa shape index (κ2) is 6.52. The Hall–Kier alpha value is -2.18. The number of amides is 2. The van der Waals surface area contributed by atoms with Gasteiger partial charge in [0.25, 0.3) is 5.91 Å². The number of nitrogens with one attached hydrogen (secondary N) is 1. The lowest BCUT2D eigenvalue weighted by atomic mass is 10.1. The third-order valence-electron chi connectivity index (χ3n) is 3.43. The molecule has 118 valence electrons. The molecule has 1 aliphatic heterocycles. The van der Waals surface area contributed by atoms with E-state index in [1.165, 1.54) is 11.2 Å². The van der Waals surface area contributed by atoms with Gasteiger partial charge in [0, 0.05) is 18.7 Å². The normalized spacial score (nSPS) is 14.5. The van der Waals surface area contributed by atoms with Crippen LogP contribution in [-0.2, 0) is 4.79 Å². The maximum atomic E-state index is 12.5. The number of halogens is 2. The summed E-state index contributed by atoms with van der Waals surface area (Å²) in [5.41, 5.74) is 1.52. The zero-order chi connectivity index (χ0) is 16.4. The second-order valence-electron chi connectivity index (χ2n) is 4.99. The van der Waals surface area contributed by atoms with Gasteiger partial charge < -0.3 is 10.2 Å². The van der Waals surface area contributed by atoms with Crippen molar-refractivity contribution in [2.45, 2.75) is 0 Å². The third kappa shape index (κ3) is 3.43. The van der Waals surface area contributed by atoms with E-state index in [0.29, 0.717) is 28.8 Å². The number of nitrogens with zero attached hydrogens (tertiary/aromatic N) is 3. The summed E-state index contributed by atoms with van der Waals surface area (Å²) in [6.07, 6.45) is 1.31. The number of hydrogen-bond donors (Lipinski definition) is 1. The van der Waals surface area contributed by atoms with Crippen LogP contribution in [0.3, 0.4) is 0 Å². The summed E-state index contributed by atoms with van der Waals surface area (Å²) in [4.78, 5) is 33.5. The topological polar surface area (TPSA) is 75.2 Å². The van der Waals surface area contributed by atoms with Crippen molar-refractivity contribution in [1.29, 1.82) is 0 Å². The molecule has 0 radical (unpaired) electrons. The lowest BCUT2D eigenvalue weighted by Gasteiger charge is -2.26. The molecule has 0 atom stereocenters. The summed E-state index contributed by atoms with van der Waals surface area (Å²) in [5.74, 6) is -0.480. The van der Waals surface area contributed by atoms with E-state index < -0.39 is 0 Å². The molecule has 1 aromatic heterocycles. The van der Waals surface area contributed by atoms with E-state index in [1.54, 1.807) is 24.3 Å². The van der Waals surface area contributed by atoms with Gasteiger partial charge in [0.05, 0.1) is 22.3 Å². The van der Waals surface area contributed by atoms with Crippen LogP contribution in [0.4, 0.5) is 0 Å². The molecule has 3 rings (SSSR count). The molecule has 2 amide bonds. The molecule has 1 aromatic carbocycles. The number of aromatic nitrogens is 2. The molecule has 0 saturated carbocycles. The van der Waals surface area contributed by atoms with Gasteiger partial charge in [-0.25, -0.2) is 9.97 Å². The average molecular weight is 351 g/mol. The molecule has 0 bridgehead atoms. The first kappa shape index (κ1) is 15.7. The van der Waals surface area contributed by atoms with Gasteiger partial charge in [-0.05, 0) is 18.2 Å². The number of piperazine rings is 1. The van der Waals surface area contributed by atoms with Gasteiger partial charge >= 0.3 is 0 Å². The molecule has 23 heavy (non-hydrogen) atoms. The maximum Gasteiger partial charge on any atom is 0.273 e. The molecule has 0 spiro atoms. The van der Waals surface area contributed by atoms with Gasteiger partial charge in [-0.2, -0.15) is 0 Å². The largest absolute Gasteiger partial charge is 0.353 e. The molecule has 6 nitrogen and oxygen atoms in total. The predicted octanol–water partition coefficient (Wildman–Crippen LogP) is 2.02. The van der Waals surface area contributed by atoms with Crippen LogP contribution in [0.25, 0.3) is 11.3 Å². The van der Waals surface area contributed by atoms with Gasteiger partial charge in [0.2, 0.25) is 5.91 Å². The number of carbonyl (C=O) groups excluding carboxylic acids is 2. The zero-order valence-corrected chi connectivity index (χ0v) is 13.4. The van der Waals surface area contributed by atoms with Crippen LogP contribution in [0.2, 0.25) is 10.0 Å². The summed E-state index contributed by atoms with van der Waals surface area (Å²) >= 11 is 11.9. The Bertz CT molecular complexity index is 782. The second-order valence-corrected chi connectivity index (χ2v) is 5.81. The minimum atomic E-state index is -0.302. The van der Waals surface area contributed by atoms with Crippen LogP contribution < -0.4 is 5.32 Å². The highest BCUT2D eigenvalue weighted by molar-refractivity contribution is 6.42. The molecular weight excluding hydrogens is 339 g/mol. The molecule has 1 N–H and O–H groups in total. The number of rotatable bonds is 2. The molecular formula is C15H12Cl2N4O2. The van der Waals surface area contributed by atoms with Crippen molar-refractivity contribution in [3.05, 3.63) is 46.3 Å². The molecule has 2 heterocycles. The molecule has 0 aliphatic carbocycles. The van der Waals surface area contributed by atoms with Crippen LogP contribution >= 0.6 is 23.2 Å². The van der Waals surface area contributed by atoms with E-state index >= 15 is 0 Å². The summed E-state index contributed by atoms with van der Waals surface area (Å²) in [5, 5.41) is 3.52. The maximum absolute atomic E-state index is 12.5. The fourth-order valence-electron chi connectivity index (χ4n) is 2.26. The van der Waals surface area contributed by atoms with Gasteiger partial charge in [-0.1, -0.05) is 29.3 Å². The first-order chi connectivity index (χ1) is 11.0. The van der Waals surface area contributed by atoms with Gasteiger partial charge in [-0.3, -0.25) is 9.59 Å². The fraction of sp³-hybridized carbons (Fsp3) is 0.200. The van der Waals surface area contributed by atoms with Crippen molar-refractivity contribution in [1.82, 2.24) is 20.2 Å². The highest BCUT2D eigenvalue weighted by Crippen LogP contribution is 2.27. The minimum absolute atomic E-state index is 0.0327. The smallest absolute Gasteiger partial charge is 0.273 e. The lowest BCUT2D eigenvalue weighted by molar-refractivity contribution is -0.123. The molecule has 8 heteroatoms. The lowest BCUT2D eigenvalue weighted by Crippen LogP contribution is -2.50. The van der Waals surface area contributed by atoms with E-state index in [-0.39, 0.29) is 24.1 Å². The monoisotopic (exact) mass is 350 g/mol. The van der Waals surface area contributed by atoms with Crippen LogP contribution in [0.1, 0.15) is 10.5 Å². The summed E-state index contributed by atoms with van der Waals surface area (Å²) in [7, 11) is 0. The molecule has 1 aliphatic rings. The van der Waals surface area contributed by atoms with E-state index in [9.17, 15) is 9.59 Å². The zero-order valence-electron chi connectivity index (χ0n) is 11.9. The van der Waals surface area contributed by atoms with Crippen LogP contribution in [0.5, 0.6) is 0 Å². The Kier molecular flexibility index (Phi) is 4.45. The number of carbonyl (C=O) groups is 2. The average Bonchev–Trinajstić information content (AvgIpc) is 2.57. The third-order valence-corrected chi connectivity index (χ3v) is 4.17. The summed E-state index contributed by atoms with van der Waals surface area (Å²) in [6, 6.07) is 6.68. The van der Waals surface area contributed by atoms with Gasteiger partial charge in [-0.15, -0.1) is 0 Å². The van der Waals surface area contributed by atoms with Gasteiger partial charge in [0.1, 0.15) is 12.0 Å². The first-order valence-electron chi connectivity index (χ1n) is 6.88. The Labute approximate surface area is 142 Å². The van der Waals surface area contributed by atoms with Crippen molar-refractivity contribution in [2.24, 2.45) is 0 Å². The van der Waals surface area contributed by atoms with Gasteiger partial charge in [0.15, 0.2) is 0 Å². The number of hydrogen-bond acceptors (Lipinski definition) is 4. The molecule has 0 unspecified atom stereocenters. The van der Waals surface area contributed by atoms with Crippen molar-refractivity contribution in [3.63, 3.8) is 0 Å². The molecule has 1 saturated heterocycles. The van der Waals surface area contributed by atoms with Crippen LogP contribution in [-0.4, -0.2) is 46.3 Å². The van der Waals surface area contributed by atoms with Crippen LogP contribution in [0.15, 0.2) is 30.6 Å². The van der Waals surface area contributed by atoms with Crippen molar-refractivity contribution in [2.75, 3.05) is 19.6 Å². The Balaban J connectivity index is 1.88. The molecule has 2 aromatic rings. The van der Waals surface area contributed by atoms with Crippen molar-refractivity contribution in [3.8, 4) is 11.3 Å². The van der Waals surface area contributed by atoms with Crippen LogP contribution in [0, 0.1) is 0 Å². The number of benzene rings is 1. The highest BCUT2D eigenvalue weighted by atomic mass is 35.5. The van der Waals surface area contributed by atoms with E-state index in [2.05, 4.69) is 15.3 Å². The van der Waals surface area contributed by atoms with E-state index in [4.69, 9.17) is 23.2 Å². The predicted molar refractivity (Wildman–Crippen MR) is 86.4 cm³/mol. The SMILES string of the molecule is O=C1CN(C(=O)c2cc(-c3ccc(Cl)c(Cl)c3)ncn2)CCN1. The molecule has 1 fully saturated rings. The van der Waals surface area contributed by atoms with Crippen molar-refractivity contribution >= 4 is 35.0 Å². The quantitative estimate of drug-likeness (QED) is 0.898. The highest BCUT2D eigenvalue weighted by Gasteiger charge is 2.23. The Morgan fingerprint density at radius 1 is 1.17 bits per heavy atom. The fourth-order valence-corrected chi connectivity index (χ4v) is 2.56. The standard InChI is InChI=1S/C15H12Cl2N4O2/c16-10-2-1-9(5-11(10)17)12-6-13(20-8-19-12)15(23)21-4-3-18-14(22)7-21/h1-2,5-6,8H,3-4,7H2,(H,18,22). The van der Waals surface area contributed by atoms with E-state index in [1.807, 2.05) is 0 Å². The Morgan fingerprint density at radius 2 is 2.00 bits per heavy atom. The van der Waals surface area contributed by atoms with Crippen molar-refractivity contribution < 1.29 is 9.59 Å². The Morgan fingerprint density at radius 3 is 2.74 bits per heavy atom. The summed E-state index contributed by atoms with van der Waals surface area (Å²) in [6.45, 7) is 0.928. The summed E-state index contributed by atoms with van der Waals surface area (Å²) < 4.78 is 0. The first-order valence-corrected chi connectivity index (χ1v) is 7.63.